The summed E-state index contributed by atoms with van der Waals surface area (Å²) in [7, 11) is -3.88. The molecule has 0 aromatic heterocycles. The van der Waals surface area contributed by atoms with Gasteiger partial charge in [0.05, 0.1) is 4.90 Å². The van der Waals surface area contributed by atoms with Crippen molar-refractivity contribution in [2.45, 2.75) is 4.90 Å². The molecule has 9 nitrogen and oxygen atoms in total. The van der Waals surface area contributed by atoms with E-state index in [1.165, 1.54) is 36.4 Å². The minimum Gasteiger partial charge on any atom is -0.486 e. The normalized spacial score (nSPS) is 12.5. The van der Waals surface area contributed by atoms with Crippen molar-refractivity contribution in [2.24, 2.45) is 0 Å². The molecule has 33 heavy (non-hydrogen) atoms. The number of carbonyl (C=O) groups is 2. The van der Waals surface area contributed by atoms with Crippen LogP contribution in [0.4, 0.5) is 5.69 Å². The topological polar surface area (TPSA) is 123 Å². The maximum Gasteiger partial charge on any atom is 0.269 e. The van der Waals surface area contributed by atoms with E-state index < -0.39 is 21.8 Å². The maximum absolute atomic E-state index is 12.7. The molecule has 0 bridgehead atoms. The van der Waals surface area contributed by atoms with Crippen LogP contribution in [0.3, 0.4) is 0 Å². The highest BCUT2D eigenvalue weighted by Crippen LogP contribution is 2.32. The van der Waals surface area contributed by atoms with E-state index in [-0.39, 0.29) is 16.1 Å². The van der Waals surface area contributed by atoms with E-state index in [1.807, 2.05) is 0 Å². The van der Waals surface area contributed by atoms with Crippen molar-refractivity contribution in [3.8, 4) is 11.5 Å². The third kappa shape index (κ3) is 5.44. The Labute approximate surface area is 198 Å². The summed E-state index contributed by atoms with van der Waals surface area (Å²) in [5, 5.41) is 0. The third-order valence-corrected chi connectivity index (χ3v) is 6.53. The van der Waals surface area contributed by atoms with Gasteiger partial charge >= 0.3 is 0 Å². The van der Waals surface area contributed by atoms with Crippen LogP contribution in [0.15, 0.2) is 76.1 Å². The first kappa shape index (κ1) is 22.6. The Balaban J connectivity index is 1.38. The molecule has 0 fully saturated rings. The maximum atomic E-state index is 12.7. The summed E-state index contributed by atoms with van der Waals surface area (Å²) in [6.45, 7) is 0.752. The van der Waals surface area contributed by atoms with E-state index in [2.05, 4.69) is 31.5 Å². The summed E-state index contributed by atoms with van der Waals surface area (Å²) >= 11 is 3.28. The van der Waals surface area contributed by atoms with Gasteiger partial charge in [-0.1, -0.05) is 15.9 Å². The first-order valence-electron chi connectivity index (χ1n) is 9.71. The van der Waals surface area contributed by atoms with Crippen molar-refractivity contribution in [1.82, 2.24) is 10.9 Å². The molecule has 3 N–H and O–H groups in total. The molecule has 0 spiro atoms. The number of carbonyl (C=O) groups excluding carboxylic acids is 2. The average molecular weight is 532 g/mol. The van der Waals surface area contributed by atoms with Gasteiger partial charge in [-0.2, -0.15) is 0 Å². The van der Waals surface area contributed by atoms with Crippen LogP contribution < -0.4 is 25.0 Å². The molecular weight excluding hydrogens is 514 g/mol. The van der Waals surface area contributed by atoms with E-state index >= 15 is 0 Å². The van der Waals surface area contributed by atoms with Crippen LogP contribution in [0.25, 0.3) is 0 Å². The molecule has 1 aliphatic heterocycles. The minimum atomic E-state index is -3.88. The number of rotatable bonds is 5. The Bertz CT molecular complexity index is 1290. The Hall–Kier alpha value is -3.57. The Morgan fingerprint density at radius 3 is 1.91 bits per heavy atom. The van der Waals surface area contributed by atoms with E-state index in [0.717, 1.165) is 4.47 Å². The molecule has 4 rings (SSSR count). The van der Waals surface area contributed by atoms with Gasteiger partial charge in [0.2, 0.25) is 0 Å². The summed E-state index contributed by atoms with van der Waals surface area (Å²) in [6, 6.07) is 16.7. The summed E-state index contributed by atoms with van der Waals surface area (Å²) in [5.41, 5.74) is 5.52. The second kappa shape index (κ2) is 9.51. The van der Waals surface area contributed by atoms with Gasteiger partial charge < -0.3 is 9.47 Å². The predicted octanol–water partition coefficient (Wildman–Crippen LogP) is 3.10. The summed E-state index contributed by atoms with van der Waals surface area (Å²) < 4.78 is 39.5. The molecule has 0 saturated carbocycles. The number of fused-ring (bicyclic) bond motifs is 1. The third-order valence-electron chi connectivity index (χ3n) is 4.62. The Morgan fingerprint density at radius 1 is 0.758 bits per heavy atom. The molecule has 1 heterocycles. The standard InChI is InChI=1S/C22H18BrN3O6S/c23-16-5-1-14(2-6-16)21(27)24-25-22(28)15-3-7-17(8-4-15)26-33(29,30)18-9-10-19-20(13-18)32-12-11-31-19/h1-10,13,26H,11-12H2,(H,24,27)(H,25,28). The largest absolute Gasteiger partial charge is 0.486 e. The lowest BCUT2D eigenvalue weighted by Crippen LogP contribution is -2.41. The van der Waals surface area contributed by atoms with Gasteiger partial charge in [-0.25, -0.2) is 8.42 Å². The molecule has 0 atom stereocenters. The first-order valence-corrected chi connectivity index (χ1v) is 12.0. The summed E-state index contributed by atoms with van der Waals surface area (Å²) in [6.07, 6.45) is 0. The number of halogens is 1. The molecule has 1 aliphatic rings. The molecule has 11 heteroatoms. The number of nitrogens with one attached hydrogen (secondary N) is 3. The molecule has 3 aromatic rings. The van der Waals surface area contributed by atoms with Crippen molar-refractivity contribution >= 4 is 43.5 Å². The number of hydrogen-bond donors (Lipinski definition) is 3. The van der Waals surface area contributed by atoms with Crippen molar-refractivity contribution < 1.29 is 27.5 Å². The summed E-state index contributed by atoms with van der Waals surface area (Å²) in [5.74, 6) is -0.175. The second-order valence-electron chi connectivity index (χ2n) is 6.90. The second-order valence-corrected chi connectivity index (χ2v) is 9.50. The zero-order valence-electron chi connectivity index (χ0n) is 17.0. The van der Waals surface area contributed by atoms with E-state index in [1.54, 1.807) is 30.3 Å². The number of hydrogen-bond acceptors (Lipinski definition) is 6. The number of benzene rings is 3. The molecular formula is C22H18BrN3O6S. The van der Waals surface area contributed by atoms with Crippen LogP contribution in [0, 0.1) is 0 Å². The predicted molar refractivity (Wildman–Crippen MR) is 124 cm³/mol. The number of sulfonamides is 1. The van der Waals surface area contributed by atoms with E-state index in [0.29, 0.717) is 30.3 Å². The number of hydrazine groups is 1. The van der Waals surface area contributed by atoms with E-state index in [9.17, 15) is 18.0 Å². The van der Waals surface area contributed by atoms with Crippen molar-refractivity contribution in [1.29, 1.82) is 0 Å². The number of amides is 2. The highest BCUT2D eigenvalue weighted by Gasteiger charge is 2.20. The van der Waals surface area contributed by atoms with Crippen LogP contribution in [-0.2, 0) is 10.0 Å². The first-order chi connectivity index (χ1) is 15.8. The smallest absolute Gasteiger partial charge is 0.269 e. The molecule has 0 aliphatic carbocycles. The number of ether oxygens (including phenoxy) is 2. The summed E-state index contributed by atoms with van der Waals surface area (Å²) in [4.78, 5) is 24.4. The SMILES string of the molecule is O=C(NNC(=O)c1ccc(NS(=O)(=O)c2ccc3c(c2)OCCO3)cc1)c1ccc(Br)cc1. The van der Waals surface area contributed by atoms with Crippen molar-refractivity contribution in [3.63, 3.8) is 0 Å². The zero-order valence-corrected chi connectivity index (χ0v) is 19.4. The quantitative estimate of drug-likeness (QED) is 0.434. The van der Waals surface area contributed by atoms with Crippen LogP contribution in [-0.4, -0.2) is 33.4 Å². The van der Waals surface area contributed by atoms with Gasteiger partial charge in [-0.3, -0.25) is 25.2 Å². The average Bonchev–Trinajstić information content (AvgIpc) is 2.82. The van der Waals surface area contributed by atoms with Gasteiger partial charge in [-0.15, -0.1) is 0 Å². The highest BCUT2D eigenvalue weighted by molar-refractivity contribution is 9.10. The van der Waals surface area contributed by atoms with Crippen molar-refractivity contribution in [3.05, 3.63) is 82.3 Å². The molecule has 0 saturated heterocycles. The fraction of sp³-hybridized carbons (Fsp3) is 0.0909. The van der Waals surface area contributed by atoms with Crippen LogP contribution in [0.5, 0.6) is 11.5 Å². The highest BCUT2D eigenvalue weighted by atomic mass is 79.9. The zero-order chi connectivity index (χ0) is 23.4. The molecule has 170 valence electrons. The molecule has 2 amide bonds. The van der Waals surface area contributed by atoms with Gasteiger partial charge in [0, 0.05) is 27.4 Å². The van der Waals surface area contributed by atoms with Crippen LogP contribution in [0.1, 0.15) is 20.7 Å². The lowest BCUT2D eigenvalue weighted by molar-refractivity contribution is 0.0846. The lowest BCUT2D eigenvalue weighted by Gasteiger charge is -2.19. The monoisotopic (exact) mass is 531 g/mol. The van der Waals surface area contributed by atoms with Gasteiger partial charge in [0.15, 0.2) is 11.5 Å². The van der Waals surface area contributed by atoms with E-state index in [4.69, 9.17) is 9.47 Å². The number of anilines is 1. The Kier molecular flexibility index (Phi) is 6.52. The lowest BCUT2D eigenvalue weighted by atomic mass is 10.2. The van der Waals surface area contributed by atoms with Crippen molar-refractivity contribution in [2.75, 3.05) is 17.9 Å². The van der Waals surface area contributed by atoms with Gasteiger partial charge in [0.1, 0.15) is 13.2 Å². The fourth-order valence-electron chi connectivity index (χ4n) is 2.95. The Morgan fingerprint density at radius 2 is 1.30 bits per heavy atom. The molecule has 3 aromatic carbocycles. The van der Waals surface area contributed by atoms with Gasteiger partial charge in [0.25, 0.3) is 21.8 Å². The van der Waals surface area contributed by atoms with Gasteiger partial charge in [-0.05, 0) is 60.7 Å². The van der Waals surface area contributed by atoms with Crippen LogP contribution in [0.2, 0.25) is 0 Å². The van der Waals surface area contributed by atoms with Crippen LogP contribution >= 0.6 is 15.9 Å². The molecule has 0 radical (unpaired) electrons. The molecule has 0 unspecified atom stereocenters. The minimum absolute atomic E-state index is 0.0178. The fourth-order valence-corrected chi connectivity index (χ4v) is 4.29.